The zero-order valence-corrected chi connectivity index (χ0v) is 14.0. The summed E-state index contributed by atoms with van der Waals surface area (Å²) in [5, 5.41) is 2.93. The third-order valence-electron chi connectivity index (χ3n) is 4.84. The minimum atomic E-state index is -0.0668. The van der Waals surface area contributed by atoms with Crippen molar-refractivity contribution in [2.75, 3.05) is 29.9 Å². The van der Waals surface area contributed by atoms with Gasteiger partial charge in [-0.3, -0.25) is 9.59 Å². The van der Waals surface area contributed by atoms with E-state index in [0.29, 0.717) is 12.1 Å². The van der Waals surface area contributed by atoms with Gasteiger partial charge in [0.1, 0.15) is 6.04 Å². The molecule has 0 saturated carbocycles. The molecule has 1 aromatic rings. The number of fused-ring (bicyclic) bond motifs is 3. The summed E-state index contributed by atoms with van der Waals surface area (Å²) in [6, 6.07) is 5.67. The predicted molar refractivity (Wildman–Crippen MR) is 92.1 cm³/mol. The van der Waals surface area contributed by atoms with E-state index in [1.807, 2.05) is 25.2 Å². The largest absolute Gasteiger partial charge is 0.358 e. The van der Waals surface area contributed by atoms with Crippen molar-refractivity contribution in [3.63, 3.8) is 0 Å². The van der Waals surface area contributed by atoms with Gasteiger partial charge in [-0.05, 0) is 43.9 Å². The average Bonchev–Trinajstić information content (AvgIpc) is 2.59. The van der Waals surface area contributed by atoms with Gasteiger partial charge >= 0.3 is 0 Å². The zero-order chi connectivity index (χ0) is 16.4. The molecule has 2 aliphatic rings. The molecule has 0 aliphatic carbocycles. The first-order valence-electron chi connectivity index (χ1n) is 8.60. The fourth-order valence-electron chi connectivity index (χ4n) is 3.48. The van der Waals surface area contributed by atoms with Gasteiger partial charge in [0.25, 0.3) is 5.91 Å². The van der Waals surface area contributed by atoms with Crippen LogP contribution in [-0.4, -0.2) is 38.0 Å². The lowest BCUT2D eigenvalue weighted by atomic mass is 9.96. The molecule has 23 heavy (non-hydrogen) atoms. The van der Waals surface area contributed by atoms with Gasteiger partial charge in [0.2, 0.25) is 5.91 Å². The molecule has 0 bridgehead atoms. The van der Waals surface area contributed by atoms with Gasteiger partial charge in [0, 0.05) is 25.7 Å². The number of nitrogens with one attached hydrogen (secondary N) is 1. The van der Waals surface area contributed by atoms with Gasteiger partial charge in [-0.15, -0.1) is 0 Å². The molecule has 1 fully saturated rings. The van der Waals surface area contributed by atoms with Crippen molar-refractivity contribution in [2.24, 2.45) is 0 Å². The van der Waals surface area contributed by atoms with E-state index in [9.17, 15) is 9.59 Å². The monoisotopic (exact) mass is 315 g/mol. The van der Waals surface area contributed by atoms with E-state index in [-0.39, 0.29) is 17.9 Å². The van der Waals surface area contributed by atoms with Crippen LogP contribution in [0.5, 0.6) is 0 Å². The van der Waals surface area contributed by atoms with Gasteiger partial charge in [-0.25, -0.2) is 0 Å². The fraction of sp³-hybridized carbons (Fsp3) is 0.556. The van der Waals surface area contributed by atoms with Crippen LogP contribution in [0, 0.1) is 0 Å². The Kier molecular flexibility index (Phi) is 4.55. The van der Waals surface area contributed by atoms with Crippen molar-refractivity contribution in [1.29, 1.82) is 0 Å². The summed E-state index contributed by atoms with van der Waals surface area (Å²) >= 11 is 0. The smallest absolute Gasteiger partial charge is 0.251 e. The van der Waals surface area contributed by atoms with Crippen molar-refractivity contribution in [3.8, 4) is 0 Å². The molecule has 1 saturated heterocycles. The topological polar surface area (TPSA) is 52.7 Å². The maximum Gasteiger partial charge on any atom is 0.251 e. The maximum absolute atomic E-state index is 12.6. The van der Waals surface area contributed by atoms with Crippen molar-refractivity contribution < 1.29 is 9.59 Å². The first-order valence-corrected chi connectivity index (χ1v) is 8.60. The van der Waals surface area contributed by atoms with E-state index in [1.54, 1.807) is 4.90 Å². The number of amides is 2. The van der Waals surface area contributed by atoms with Crippen LogP contribution in [0.4, 0.5) is 11.4 Å². The highest BCUT2D eigenvalue weighted by Gasteiger charge is 2.37. The first kappa shape index (κ1) is 15.8. The molecule has 5 nitrogen and oxygen atoms in total. The summed E-state index contributed by atoms with van der Waals surface area (Å²) in [6.45, 7) is 3.70. The summed E-state index contributed by atoms with van der Waals surface area (Å²) < 4.78 is 0. The second kappa shape index (κ2) is 6.60. The van der Waals surface area contributed by atoms with Crippen LogP contribution >= 0.6 is 0 Å². The Balaban J connectivity index is 1.87. The van der Waals surface area contributed by atoms with E-state index in [0.717, 1.165) is 50.0 Å². The Morgan fingerprint density at radius 2 is 2.13 bits per heavy atom. The number of unbranched alkanes of at least 4 members (excludes halogenated alkanes) is 1. The molecule has 5 heteroatoms. The van der Waals surface area contributed by atoms with Crippen LogP contribution in [0.15, 0.2) is 18.2 Å². The molecule has 0 aromatic heterocycles. The van der Waals surface area contributed by atoms with Gasteiger partial charge in [0.15, 0.2) is 0 Å². The number of nitrogens with zero attached hydrogens (tertiary/aromatic N) is 2. The molecule has 0 unspecified atom stereocenters. The minimum absolute atomic E-state index is 0.0366. The number of carbonyl (C=O) groups excluding carboxylic acids is 2. The molecule has 124 valence electrons. The number of likely N-dealkylation sites (N-methyl/N-ethyl adjacent to an activating group) is 1. The number of anilines is 2. The van der Waals surface area contributed by atoms with Crippen LogP contribution in [-0.2, 0) is 4.79 Å². The van der Waals surface area contributed by atoms with Gasteiger partial charge in [-0.1, -0.05) is 13.3 Å². The highest BCUT2D eigenvalue weighted by molar-refractivity contribution is 6.07. The standard InChI is InChI=1S/C18H25N3O2/c1-3-4-10-19-17(22)13-8-9-14-16(12-13)20(2)18(23)15-7-5-6-11-21(14)15/h8-9,12,15H,3-7,10-11H2,1-2H3,(H,19,22)/t15-/m0/s1. The maximum atomic E-state index is 12.6. The van der Waals surface area contributed by atoms with E-state index in [2.05, 4.69) is 17.1 Å². The normalized spacial score (nSPS) is 20.1. The van der Waals surface area contributed by atoms with Crippen LogP contribution in [0.2, 0.25) is 0 Å². The first-order chi connectivity index (χ1) is 11.1. The Bertz CT molecular complexity index is 614. The molecular weight excluding hydrogens is 290 g/mol. The molecule has 2 amide bonds. The SMILES string of the molecule is CCCCNC(=O)c1ccc2c(c1)N(C)C(=O)[C@@H]1CCCCN21. The minimum Gasteiger partial charge on any atom is -0.358 e. The van der Waals surface area contributed by atoms with E-state index < -0.39 is 0 Å². The lowest BCUT2D eigenvalue weighted by Crippen LogP contribution is -2.54. The molecule has 0 radical (unpaired) electrons. The number of benzene rings is 1. The van der Waals surface area contributed by atoms with Gasteiger partial charge in [0.05, 0.1) is 11.4 Å². The second-order valence-corrected chi connectivity index (χ2v) is 6.42. The second-order valence-electron chi connectivity index (χ2n) is 6.42. The summed E-state index contributed by atoms with van der Waals surface area (Å²) in [4.78, 5) is 28.8. The summed E-state index contributed by atoms with van der Waals surface area (Å²) in [6.07, 6.45) is 5.17. The van der Waals surface area contributed by atoms with Crippen LogP contribution in [0.25, 0.3) is 0 Å². The lowest BCUT2D eigenvalue weighted by molar-refractivity contribution is -0.120. The number of hydrogen-bond acceptors (Lipinski definition) is 3. The van der Waals surface area contributed by atoms with Crippen molar-refractivity contribution in [1.82, 2.24) is 5.32 Å². The molecular formula is C18H25N3O2. The van der Waals surface area contributed by atoms with Crippen molar-refractivity contribution in [3.05, 3.63) is 23.8 Å². The lowest BCUT2D eigenvalue weighted by Gasteiger charge is -2.44. The Morgan fingerprint density at radius 3 is 2.91 bits per heavy atom. The quantitative estimate of drug-likeness (QED) is 0.869. The summed E-state index contributed by atoms with van der Waals surface area (Å²) in [5.74, 6) is 0.0728. The molecule has 2 aliphatic heterocycles. The highest BCUT2D eigenvalue weighted by atomic mass is 16.2. The number of carbonyl (C=O) groups is 2. The van der Waals surface area contributed by atoms with E-state index in [4.69, 9.17) is 0 Å². The number of piperidine rings is 1. The van der Waals surface area contributed by atoms with Crippen molar-refractivity contribution >= 4 is 23.2 Å². The van der Waals surface area contributed by atoms with Crippen molar-refractivity contribution in [2.45, 2.75) is 45.1 Å². The Morgan fingerprint density at radius 1 is 1.30 bits per heavy atom. The molecule has 0 spiro atoms. The summed E-state index contributed by atoms with van der Waals surface area (Å²) in [7, 11) is 1.81. The number of hydrogen-bond donors (Lipinski definition) is 1. The third-order valence-corrected chi connectivity index (χ3v) is 4.84. The third kappa shape index (κ3) is 2.92. The van der Waals surface area contributed by atoms with Gasteiger partial charge in [-0.2, -0.15) is 0 Å². The highest BCUT2D eigenvalue weighted by Crippen LogP contribution is 2.39. The molecule has 1 aromatic carbocycles. The summed E-state index contributed by atoms with van der Waals surface area (Å²) in [5.41, 5.74) is 2.54. The predicted octanol–water partition coefficient (Wildman–Crippen LogP) is 2.55. The Labute approximate surface area is 137 Å². The number of rotatable bonds is 4. The molecule has 2 heterocycles. The molecule has 3 rings (SSSR count). The van der Waals surface area contributed by atoms with Gasteiger partial charge < -0.3 is 15.1 Å². The van der Waals surface area contributed by atoms with Crippen LogP contribution in [0.3, 0.4) is 0 Å². The van der Waals surface area contributed by atoms with E-state index in [1.165, 1.54) is 0 Å². The van der Waals surface area contributed by atoms with Crippen LogP contribution in [0.1, 0.15) is 49.4 Å². The van der Waals surface area contributed by atoms with Crippen LogP contribution < -0.4 is 15.1 Å². The Hall–Kier alpha value is -2.04. The molecule has 1 N–H and O–H groups in total. The fourth-order valence-corrected chi connectivity index (χ4v) is 3.48. The average molecular weight is 315 g/mol. The zero-order valence-electron chi connectivity index (χ0n) is 14.0. The van der Waals surface area contributed by atoms with E-state index >= 15 is 0 Å². The molecule has 1 atom stereocenters.